The number of carbonyl (C=O) groups excluding carboxylic acids is 1. The second-order valence-electron chi connectivity index (χ2n) is 25.7. The van der Waals surface area contributed by atoms with Gasteiger partial charge in [0.25, 0.3) is 0 Å². The molecule has 0 aromatic heterocycles. The minimum absolute atomic E-state index is 0.00217. The number of hydrogen-bond donors (Lipinski definition) is 1. The number of unbranched alkanes of at least 4 members (excludes halogenated alkanes) is 1. The van der Waals surface area contributed by atoms with Crippen LogP contribution in [0.5, 0.6) is 0 Å². The largest absolute Gasteiger partial charge is 0.481 e. The van der Waals surface area contributed by atoms with Gasteiger partial charge in [-0.05, 0) is 221 Å². The molecule has 1 N–H and O–H groups in total. The number of carbonyl (C=O) groups is 2. The lowest BCUT2D eigenvalue weighted by Crippen LogP contribution is -2.33. The van der Waals surface area contributed by atoms with E-state index in [9.17, 15) is 9.59 Å². The van der Waals surface area contributed by atoms with Crippen molar-refractivity contribution in [2.24, 2.45) is 23.7 Å². The molecule has 0 bridgehead atoms. The molecule has 6 saturated heterocycles. The van der Waals surface area contributed by atoms with Crippen LogP contribution in [-0.2, 0) is 79.3 Å². The number of hydrogen-bond acceptors (Lipinski definition) is 14. The van der Waals surface area contributed by atoms with Gasteiger partial charge in [0.15, 0.2) is 37.7 Å². The Morgan fingerprint density at radius 3 is 1.16 bits per heavy atom. The van der Waals surface area contributed by atoms with Gasteiger partial charge in [0.2, 0.25) is 0 Å². The molecule has 6 unspecified atom stereocenters. The lowest BCUT2D eigenvalue weighted by molar-refractivity contribution is -0.205. The molecule has 482 valence electrons. The maximum Gasteiger partial charge on any atom is 0.303 e. The first-order valence-electron chi connectivity index (χ1n) is 34.4. The van der Waals surface area contributed by atoms with E-state index in [4.69, 9.17) is 61.9 Å². The average Bonchev–Trinajstić information content (AvgIpc) is 4.16. The van der Waals surface area contributed by atoms with Crippen LogP contribution in [0.25, 0.3) is 0 Å². The summed E-state index contributed by atoms with van der Waals surface area (Å²) in [7, 11) is 0. The van der Waals surface area contributed by atoms with Gasteiger partial charge in [-0.2, -0.15) is 0 Å². The van der Waals surface area contributed by atoms with Crippen molar-refractivity contribution in [2.45, 2.75) is 286 Å². The quantitative estimate of drug-likeness (QED) is 0.0417. The van der Waals surface area contributed by atoms with E-state index in [2.05, 4.69) is 72.8 Å². The molecule has 2 saturated carbocycles. The molecule has 10 rings (SSSR count). The summed E-state index contributed by atoms with van der Waals surface area (Å²) in [6.07, 6.45) is 36.1. The number of carboxylic acids is 1. The van der Waals surface area contributed by atoms with Crippen LogP contribution in [0.4, 0.5) is 0 Å². The van der Waals surface area contributed by atoms with Crippen molar-refractivity contribution in [3.05, 3.63) is 83.9 Å². The van der Waals surface area contributed by atoms with Crippen molar-refractivity contribution in [1.82, 2.24) is 0 Å². The molecule has 16 atom stereocenters. The standard InChI is InChI=1S/C38H58O8.C33H50O7/c39-35(40)17-7-2-1-6-16-31-32(24-23-30(44-36-18-8-11-25-41-36)22-21-29-14-4-3-5-15-29)34(46-38-20-10-13-27-43-38)28-33(31)45-37-19-9-12-26-42-37;34-20-19-28-27(18-17-26(38-31-12-4-7-21-35-31)16-15-25-10-2-1-3-11-25)29(39-32-13-5-8-22-36-32)24-30(28)40-33-14-6-9-23-37-33/h1,3-6,14-15,30-34,36-38H,2,7-13,16-28H2,(H,39,40);1-3,10-11,20,26-33H,4-9,12-19,21-24H2/b6-1-;/t30-,31+,32+,33-,34+,36?,37?,38?;26-,27+,28+,29+,30-,31?,32?,33?/m00/s1. The molecule has 0 radical (unpaired) electrons. The van der Waals surface area contributed by atoms with Gasteiger partial charge in [-0.1, -0.05) is 72.8 Å². The highest BCUT2D eigenvalue weighted by molar-refractivity contribution is 5.66. The van der Waals surface area contributed by atoms with Gasteiger partial charge in [-0.25, -0.2) is 0 Å². The number of ether oxygens (including phenoxy) is 12. The van der Waals surface area contributed by atoms with E-state index < -0.39 is 5.97 Å². The summed E-state index contributed by atoms with van der Waals surface area (Å²) in [5.74, 6) is 0.142. The molecule has 2 aromatic carbocycles. The van der Waals surface area contributed by atoms with Gasteiger partial charge in [-0.3, -0.25) is 4.79 Å². The summed E-state index contributed by atoms with van der Waals surface area (Å²) in [6, 6.07) is 21.3. The zero-order chi connectivity index (χ0) is 59.2. The Balaban J connectivity index is 0.000000207. The summed E-state index contributed by atoms with van der Waals surface area (Å²) in [5, 5.41) is 9.05. The van der Waals surface area contributed by atoms with Crippen LogP contribution in [0, 0.1) is 23.7 Å². The third-order valence-corrected chi connectivity index (χ3v) is 19.3. The van der Waals surface area contributed by atoms with Gasteiger partial charge in [-0.15, -0.1) is 0 Å². The van der Waals surface area contributed by atoms with Crippen molar-refractivity contribution in [3.8, 4) is 0 Å². The second-order valence-corrected chi connectivity index (χ2v) is 25.7. The van der Waals surface area contributed by atoms with E-state index in [0.29, 0.717) is 12.8 Å². The van der Waals surface area contributed by atoms with Crippen LogP contribution in [0.15, 0.2) is 72.8 Å². The second kappa shape index (κ2) is 38.5. The predicted octanol–water partition coefficient (Wildman–Crippen LogP) is 14.3. The average molecular weight is 1200 g/mol. The topological polar surface area (TPSA) is 165 Å². The van der Waals surface area contributed by atoms with Crippen molar-refractivity contribution in [2.75, 3.05) is 39.6 Å². The lowest BCUT2D eigenvalue weighted by Gasteiger charge is -2.33. The van der Waals surface area contributed by atoms with Crippen LogP contribution >= 0.6 is 0 Å². The number of aliphatic carboxylic acids is 1. The summed E-state index contributed by atoms with van der Waals surface area (Å²) < 4.78 is 76.1. The van der Waals surface area contributed by atoms with E-state index in [1.165, 1.54) is 11.1 Å². The van der Waals surface area contributed by atoms with E-state index in [-0.39, 0.29) is 104 Å². The number of allylic oxidation sites excluding steroid dienone is 2. The van der Waals surface area contributed by atoms with Gasteiger partial charge in [0.05, 0.1) is 36.6 Å². The maximum atomic E-state index is 11.9. The molecule has 15 heteroatoms. The molecule has 8 fully saturated rings. The van der Waals surface area contributed by atoms with E-state index >= 15 is 0 Å². The fraction of sp³-hybridized carbons (Fsp3) is 0.775. The molecular weight excluding hydrogens is 1090 g/mol. The third kappa shape index (κ3) is 23.3. The normalized spacial score (nSPS) is 32.5. The molecule has 0 spiro atoms. The van der Waals surface area contributed by atoms with E-state index in [1.54, 1.807) is 0 Å². The summed E-state index contributed by atoms with van der Waals surface area (Å²) in [4.78, 5) is 22.9. The SMILES string of the molecule is O=C(O)CCC/C=C\C[C@@H]1[C@@H](CC[C@H](CCc2ccccc2)OC2CCCCO2)[C@H](OC2CCCCO2)C[C@@H]1OC1CCCCO1.O=CC[C@@H]1[C@@H](CC[C@H](CCc2ccccc2)OC2CCCCO2)[C@H](OC2CCCCO2)C[C@@H]1OC1CCCCO1. The van der Waals surface area contributed by atoms with Crippen LogP contribution < -0.4 is 0 Å². The molecule has 6 heterocycles. The van der Waals surface area contributed by atoms with Crippen LogP contribution in [0.2, 0.25) is 0 Å². The van der Waals surface area contributed by atoms with Crippen molar-refractivity contribution in [3.63, 3.8) is 0 Å². The van der Waals surface area contributed by atoms with E-state index in [0.717, 1.165) is 239 Å². The fourth-order valence-electron chi connectivity index (χ4n) is 14.6. The number of carboxylic acid groups (broad SMARTS) is 1. The Morgan fingerprint density at radius 2 is 0.814 bits per heavy atom. The molecule has 2 aliphatic carbocycles. The Morgan fingerprint density at radius 1 is 0.453 bits per heavy atom. The zero-order valence-electron chi connectivity index (χ0n) is 52.0. The summed E-state index contributed by atoms with van der Waals surface area (Å²) in [6.45, 7) is 4.58. The van der Waals surface area contributed by atoms with Gasteiger partial charge < -0.3 is 66.7 Å². The first kappa shape index (κ1) is 67.2. The van der Waals surface area contributed by atoms with Crippen LogP contribution in [-0.4, -0.2) is 131 Å². The Kier molecular flexibility index (Phi) is 30.1. The van der Waals surface area contributed by atoms with Crippen molar-refractivity contribution >= 4 is 12.3 Å². The van der Waals surface area contributed by atoms with Gasteiger partial charge in [0, 0.05) is 65.3 Å². The predicted molar refractivity (Wildman–Crippen MR) is 328 cm³/mol. The van der Waals surface area contributed by atoms with Crippen LogP contribution in [0.1, 0.15) is 210 Å². The highest BCUT2D eigenvalue weighted by Crippen LogP contribution is 2.46. The maximum absolute atomic E-state index is 11.9. The molecule has 2 aromatic rings. The molecule has 6 aliphatic heterocycles. The van der Waals surface area contributed by atoms with E-state index in [1.807, 2.05) is 0 Å². The molecular formula is C71H108O15. The van der Waals surface area contributed by atoms with Crippen molar-refractivity contribution < 1.29 is 71.5 Å². The molecule has 86 heavy (non-hydrogen) atoms. The first-order valence-corrected chi connectivity index (χ1v) is 34.4. The van der Waals surface area contributed by atoms with Gasteiger partial charge >= 0.3 is 5.97 Å². The first-order chi connectivity index (χ1) is 42.4. The molecule has 0 amide bonds. The van der Waals surface area contributed by atoms with Crippen molar-refractivity contribution in [1.29, 1.82) is 0 Å². The third-order valence-electron chi connectivity index (χ3n) is 19.3. The number of aldehydes is 1. The minimum atomic E-state index is -0.738. The molecule has 8 aliphatic rings. The fourth-order valence-corrected chi connectivity index (χ4v) is 14.6. The van der Waals surface area contributed by atoms with Crippen LogP contribution in [0.3, 0.4) is 0 Å². The lowest BCUT2D eigenvalue weighted by atomic mass is 9.85. The smallest absolute Gasteiger partial charge is 0.303 e. The monoisotopic (exact) mass is 1200 g/mol. The Labute approximate surface area is 515 Å². The zero-order valence-corrected chi connectivity index (χ0v) is 52.0. The molecule has 15 nitrogen and oxygen atoms in total. The summed E-state index contributed by atoms with van der Waals surface area (Å²) in [5.41, 5.74) is 2.67. The minimum Gasteiger partial charge on any atom is -0.481 e. The Bertz CT molecular complexity index is 2130. The number of benzene rings is 2. The highest BCUT2D eigenvalue weighted by Gasteiger charge is 2.48. The number of aryl methyl sites for hydroxylation is 2. The Hall–Kier alpha value is -3.16. The summed E-state index contributed by atoms with van der Waals surface area (Å²) >= 11 is 0. The highest BCUT2D eigenvalue weighted by atomic mass is 16.7. The van der Waals surface area contributed by atoms with Gasteiger partial charge in [0.1, 0.15) is 6.29 Å². The number of rotatable bonds is 32.